The Hall–Kier alpha value is -0.540. The molecule has 0 spiro atoms. The lowest BCUT2D eigenvalue weighted by molar-refractivity contribution is 0.0995. The Morgan fingerprint density at radius 2 is 2.27 bits per heavy atom. The first-order valence-electron chi connectivity index (χ1n) is 5.99. The highest BCUT2D eigenvalue weighted by molar-refractivity contribution is 4.83. The predicted octanol–water partition coefficient (Wildman–Crippen LogP) is 1.69. The summed E-state index contributed by atoms with van der Waals surface area (Å²) in [6.07, 6.45) is 8.19. The van der Waals surface area contributed by atoms with Gasteiger partial charge in [-0.1, -0.05) is 0 Å². The molecular weight excluding hydrogens is 190 g/mol. The summed E-state index contributed by atoms with van der Waals surface area (Å²) >= 11 is 0. The SMILES string of the molecule is CC1OCCC1CNCC1CCC=CO1. The minimum Gasteiger partial charge on any atom is -0.497 e. The third kappa shape index (κ3) is 3.21. The van der Waals surface area contributed by atoms with Gasteiger partial charge < -0.3 is 14.8 Å². The second-order valence-corrected chi connectivity index (χ2v) is 4.49. The van der Waals surface area contributed by atoms with E-state index in [4.69, 9.17) is 9.47 Å². The summed E-state index contributed by atoms with van der Waals surface area (Å²) in [4.78, 5) is 0. The Bertz CT molecular complexity index is 218. The van der Waals surface area contributed by atoms with Gasteiger partial charge in [0.05, 0.1) is 12.4 Å². The normalized spacial score (nSPS) is 35.4. The fourth-order valence-electron chi connectivity index (χ4n) is 2.21. The summed E-state index contributed by atoms with van der Waals surface area (Å²) in [7, 11) is 0. The molecule has 0 bridgehead atoms. The molecule has 0 aromatic rings. The van der Waals surface area contributed by atoms with Crippen molar-refractivity contribution >= 4 is 0 Å². The quantitative estimate of drug-likeness (QED) is 0.767. The van der Waals surface area contributed by atoms with Gasteiger partial charge in [-0.25, -0.2) is 0 Å². The van der Waals surface area contributed by atoms with Crippen molar-refractivity contribution in [1.82, 2.24) is 5.32 Å². The maximum atomic E-state index is 5.53. The molecule has 2 aliphatic heterocycles. The van der Waals surface area contributed by atoms with Gasteiger partial charge in [0.2, 0.25) is 0 Å². The van der Waals surface area contributed by atoms with Crippen molar-refractivity contribution in [3.8, 4) is 0 Å². The topological polar surface area (TPSA) is 30.5 Å². The molecule has 1 N–H and O–H groups in total. The summed E-state index contributed by atoms with van der Waals surface area (Å²) in [6, 6.07) is 0. The molecule has 1 saturated heterocycles. The van der Waals surface area contributed by atoms with Gasteiger partial charge in [0.25, 0.3) is 0 Å². The molecule has 3 atom stereocenters. The average molecular weight is 211 g/mol. The highest BCUT2D eigenvalue weighted by atomic mass is 16.5. The maximum absolute atomic E-state index is 5.53. The summed E-state index contributed by atoms with van der Waals surface area (Å²) < 4.78 is 11.0. The summed E-state index contributed by atoms with van der Waals surface area (Å²) in [6.45, 7) is 5.12. The van der Waals surface area contributed by atoms with Crippen LogP contribution in [0.1, 0.15) is 26.2 Å². The Morgan fingerprint density at radius 1 is 1.33 bits per heavy atom. The van der Waals surface area contributed by atoms with Gasteiger partial charge in [-0.05, 0) is 38.2 Å². The first kappa shape index (κ1) is 11.0. The van der Waals surface area contributed by atoms with Crippen LogP contribution in [0.3, 0.4) is 0 Å². The monoisotopic (exact) mass is 211 g/mol. The van der Waals surface area contributed by atoms with Crippen LogP contribution in [-0.4, -0.2) is 31.9 Å². The second kappa shape index (κ2) is 5.52. The lowest BCUT2D eigenvalue weighted by atomic mass is 10.0. The van der Waals surface area contributed by atoms with Crippen LogP contribution in [0.25, 0.3) is 0 Å². The van der Waals surface area contributed by atoms with Crippen LogP contribution in [0.5, 0.6) is 0 Å². The second-order valence-electron chi connectivity index (χ2n) is 4.49. The van der Waals surface area contributed by atoms with Crippen molar-refractivity contribution in [1.29, 1.82) is 0 Å². The lowest BCUT2D eigenvalue weighted by Gasteiger charge is -2.21. The number of rotatable bonds is 4. The highest BCUT2D eigenvalue weighted by Gasteiger charge is 2.23. The van der Waals surface area contributed by atoms with Gasteiger partial charge >= 0.3 is 0 Å². The van der Waals surface area contributed by atoms with E-state index in [2.05, 4.69) is 18.3 Å². The van der Waals surface area contributed by atoms with Gasteiger partial charge in [0.15, 0.2) is 0 Å². The van der Waals surface area contributed by atoms with Crippen molar-refractivity contribution in [2.24, 2.45) is 5.92 Å². The molecular formula is C12H21NO2. The van der Waals surface area contributed by atoms with Crippen molar-refractivity contribution in [3.63, 3.8) is 0 Å². The average Bonchev–Trinajstić information content (AvgIpc) is 2.66. The van der Waals surface area contributed by atoms with Crippen molar-refractivity contribution in [2.75, 3.05) is 19.7 Å². The standard InChI is InChI=1S/C12H21NO2/c1-10-11(5-7-14-10)8-13-9-12-4-2-3-6-15-12/h3,6,10-13H,2,4-5,7-9H2,1H3. The van der Waals surface area contributed by atoms with Crippen molar-refractivity contribution in [2.45, 2.75) is 38.4 Å². The minimum absolute atomic E-state index is 0.368. The molecule has 3 nitrogen and oxygen atoms in total. The number of ether oxygens (including phenoxy) is 2. The zero-order valence-corrected chi connectivity index (χ0v) is 9.45. The summed E-state index contributed by atoms with van der Waals surface area (Å²) in [5.74, 6) is 0.684. The number of allylic oxidation sites excluding steroid dienone is 1. The number of hydrogen-bond donors (Lipinski definition) is 1. The Morgan fingerprint density at radius 3 is 2.93 bits per heavy atom. The van der Waals surface area contributed by atoms with Crippen LogP contribution in [0.15, 0.2) is 12.3 Å². The largest absolute Gasteiger partial charge is 0.497 e. The van der Waals surface area contributed by atoms with Crippen molar-refractivity contribution < 1.29 is 9.47 Å². The fraction of sp³-hybridized carbons (Fsp3) is 0.833. The van der Waals surface area contributed by atoms with Crippen LogP contribution in [0.2, 0.25) is 0 Å². The van der Waals surface area contributed by atoms with E-state index in [1.54, 1.807) is 0 Å². The van der Waals surface area contributed by atoms with Gasteiger partial charge in [-0.15, -0.1) is 0 Å². The summed E-state index contributed by atoms with van der Waals surface area (Å²) in [5.41, 5.74) is 0. The molecule has 0 amide bonds. The zero-order chi connectivity index (χ0) is 10.5. The molecule has 0 saturated carbocycles. The predicted molar refractivity (Wildman–Crippen MR) is 59.6 cm³/mol. The van der Waals surface area contributed by atoms with Crippen LogP contribution < -0.4 is 5.32 Å². The van der Waals surface area contributed by atoms with E-state index >= 15 is 0 Å². The number of nitrogens with one attached hydrogen (secondary N) is 1. The van der Waals surface area contributed by atoms with Crippen LogP contribution in [-0.2, 0) is 9.47 Å². The van der Waals surface area contributed by atoms with Crippen LogP contribution in [0.4, 0.5) is 0 Å². The molecule has 2 rings (SSSR count). The molecule has 3 unspecified atom stereocenters. The fourth-order valence-corrected chi connectivity index (χ4v) is 2.21. The molecule has 2 aliphatic rings. The van der Waals surface area contributed by atoms with Crippen molar-refractivity contribution in [3.05, 3.63) is 12.3 Å². The van der Waals surface area contributed by atoms with E-state index in [1.807, 2.05) is 6.26 Å². The van der Waals surface area contributed by atoms with Crippen LogP contribution in [0, 0.1) is 5.92 Å². The lowest BCUT2D eigenvalue weighted by Crippen LogP contribution is -2.34. The van der Waals surface area contributed by atoms with Gasteiger partial charge in [-0.2, -0.15) is 0 Å². The molecule has 15 heavy (non-hydrogen) atoms. The van der Waals surface area contributed by atoms with E-state index in [1.165, 1.54) is 6.42 Å². The molecule has 3 heteroatoms. The van der Waals surface area contributed by atoms with Gasteiger partial charge in [0, 0.05) is 19.7 Å². The zero-order valence-electron chi connectivity index (χ0n) is 9.45. The molecule has 2 heterocycles. The third-order valence-corrected chi connectivity index (χ3v) is 3.33. The van der Waals surface area contributed by atoms with Gasteiger partial charge in [0.1, 0.15) is 6.10 Å². The summed E-state index contributed by atoms with van der Waals surface area (Å²) in [5, 5.41) is 3.49. The van der Waals surface area contributed by atoms with E-state index in [0.29, 0.717) is 18.1 Å². The first-order valence-corrected chi connectivity index (χ1v) is 5.99. The molecule has 0 aliphatic carbocycles. The highest BCUT2D eigenvalue weighted by Crippen LogP contribution is 2.19. The number of hydrogen-bond acceptors (Lipinski definition) is 3. The smallest absolute Gasteiger partial charge is 0.110 e. The first-order chi connectivity index (χ1) is 7.36. The Balaban J connectivity index is 1.60. The molecule has 0 aromatic carbocycles. The molecule has 1 fully saturated rings. The van der Waals surface area contributed by atoms with Gasteiger partial charge in [-0.3, -0.25) is 0 Å². The van der Waals surface area contributed by atoms with E-state index in [0.717, 1.165) is 32.5 Å². The van der Waals surface area contributed by atoms with E-state index in [9.17, 15) is 0 Å². The van der Waals surface area contributed by atoms with E-state index < -0.39 is 0 Å². The maximum Gasteiger partial charge on any atom is 0.110 e. The molecule has 86 valence electrons. The van der Waals surface area contributed by atoms with Crippen LogP contribution >= 0.6 is 0 Å². The minimum atomic E-state index is 0.368. The molecule has 0 aromatic heterocycles. The Kier molecular flexibility index (Phi) is 4.03. The Labute approximate surface area is 91.8 Å². The third-order valence-electron chi connectivity index (χ3n) is 3.33. The van der Waals surface area contributed by atoms with E-state index in [-0.39, 0.29) is 0 Å². The molecule has 0 radical (unpaired) electrons.